The largest absolute Gasteiger partial charge is 0.325 e. The van der Waals surface area contributed by atoms with E-state index in [4.69, 9.17) is 11.6 Å². The Morgan fingerprint density at radius 1 is 1.26 bits per heavy atom. The summed E-state index contributed by atoms with van der Waals surface area (Å²) >= 11 is 9.58. The third-order valence-corrected chi connectivity index (χ3v) is 5.65. The Morgan fingerprint density at radius 2 is 1.96 bits per heavy atom. The van der Waals surface area contributed by atoms with Gasteiger partial charge < -0.3 is 10.6 Å². The lowest BCUT2D eigenvalue weighted by Crippen LogP contribution is -2.42. The van der Waals surface area contributed by atoms with Gasteiger partial charge >= 0.3 is 6.03 Å². The Hall–Kier alpha value is -2.38. The minimum Gasteiger partial charge on any atom is -0.325 e. The number of benzene rings is 2. The number of halogens is 2. The van der Waals surface area contributed by atoms with Crippen LogP contribution in [0.25, 0.3) is 0 Å². The number of nitrogens with zero attached hydrogens (tertiary/aromatic N) is 1. The summed E-state index contributed by atoms with van der Waals surface area (Å²) in [6.07, 6.45) is 0. The molecule has 0 spiro atoms. The third-order valence-electron chi connectivity index (χ3n) is 4.43. The molecule has 1 fully saturated rings. The SMILES string of the molecule is Cc1cc(NC(=O)CN2C(=O)N[C@@](C)(c3ccccc3Cl)C2=O)ccc1Br. The summed E-state index contributed by atoms with van der Waals surface area (Å²) in [4.78, 5) is 38.5. The van der Waals surface area contributed by atoms with Crippen molar-refractivity contribution in [1.29, 1.82) is 0 Å². The van der Waals surface area contributed by atoms with Crippen LogP contribution >= 0.6 is 27.5 Å². The monoisotopic (exact) mass is 449 g/mol. The van der Waals surface area contributed by atoms with Crippen LogP contribution in [0.2, 0.25) is 5.02 Å². The van der Waals surface area contributed by atoms with Crippen molar-refractivity contribution in [2.45, 2.75) is 19.4 Å². The Labute approximate surface area is 170 Å². The van der Waals surface area contributed by atoms with E-state index in [2.05, 4.69) is 26.6 Å². The highest BCUT2D eigenvalue weighted by Gasteiger charge is 2.50. The molecule has 1 saturated heterocycles. The number of rotatable bonds is 4. The van der Waals surface area contributed by atoms with Gasteiger partial charge in [-0.3, -0.25) is 14.5 Å². The lowest BCUT2D eigenvalue weighted by atomic mass is 9.92. The predicted molar refractivity (Wildman–Crippen MR) is 107 cm³/mol. The molecule has 8 heteroatoms. The smallest absolute Gasteiger partial charge is 0.325 e. The maximum Gasteiger partial charge on any atom is 0.325 e. The number of amides is 4. The molecule has 0 aromatic heterocycles. The van der Waals surface area contributed by atoms with Crippen LogP contribution in [0.15, 0.2) is 46.9 Å². The maximum atomic E-state index is 12.9. The fourth-order valence-corrected chi connectivity index (χ4v) is 3.53. The van der Waals surface area contributed by atoms with E-state index in [1.807, 2.05) is 13.0 Å². The van der Waals surface area contributed by atoms with Crippen LogP contribution in [0.1, 0.15) is 18.1 Å². The number of anilines is 1. The second-order valence-corrected chi connectivity index (χ2v) is 7.70. The van der Waals surface area contributed by atoms with Crippen LogP contribution < -0.4 is 10.6 Å². The molecule has 2 aromatic carbocycles. The average Bonchev–Trinajstić information content (AvgIpc) is 2.82. The Bertz CT molecular complexity index is 950. The van der Waals surface area contributed by atoms with Gasteiger partial charge in [-0.05, 0) is 43.7 Å². The van der Waals surface area contributed by atoms with Gasteiger partial charge in [-0.2, -0.15) is 0 Å². The van der Waals surface area contributed by atoms with Crippen molar-refractivity contribution in [3.8, 4) is 0 Å². The first-order valence-corrected chi connectivity index (χ1v) is 9.34. The molecule has 0 saturated carbocycles. The predicted octanol–water partition coefficient (Wildman–Crippen LogP) is 3.82. The lowest BCUT2D eigenvalue weighted by Gasteiger charge is -2.23. The van der Waals surface area contributed by atoms with E-state index in [1.165, 1.54) is 0 Å². The van der Waals surface area contributed by atoms with Gasteiger partial charge in [0, 0.05) is 20.7 Å². The Balaban J connectivity index is 1.76. The zero-order chi connectivity index (χ0) is 19.8. The van der Waals surface area contributed by atoms with Gasteiger partial charge in [0.2, 0.25) is 5.91 Å². The first-order valence-electron chi connectivity index (χ1n) is 8.17. The van der Waals surface area contributed by atoms with Crippen molar-refractivity contribution >= 4 is 51.1 Å². The number of hydrogen-bond acceptors (Lipinski definition) is 3. The molecule has 1 aliphatic heterocycles. The molecule has 3 rings (SSSR count). The Morgan fingerprint density at radius 3 is 2.63 bits per heavy atom. The van der Waals surface area contributed by atoms with Crippen LogP contribution in [0.4, 0.5) is 10.5 Å². The molecule has 27 heavy (non-hydrogen) atoms. The fourth-order valence-electron chi connectivity index (χ4n) is 2.96. The van der Waals surface area contributed by atoms with Crippen molar-refractivity contribution in [2.24, 2.45) is 0 Å². The summed E-state index contributed by atoms with van der Waals surface area (Å²) < 4.78 is 0.921. The number of aryl methyl sites for hydroxylation is 1. The lowest BCUT2D eigenvalue weighted by molar-refractivity contribution is -0.133. The van der Waals surface area contributed by atoms with Crippen LogP contribution in [0.5, 0.6) is 0 Å². The molecule has 0 aliphatic carbocycles. The molecule has 4 amide bonds. The number of carbonyl (C=O) groups is 3. The zero-order valence-corrected chi connectivity index (χ0v) is 17.0. The second-order valence-electron chi connectivity index (χ2n) is 6.44. The third kappa shape index (κ3) is 3.70. The van der Waals surface area contributed by atoms with Gasteiger partial charge in [-0.1, -0.05) is 45.7 Å². The molecule has 1 heterocycles. The highest BCUT2D eigenvalue weighted by molar-refractivity contribution is 9.10. The molecular weight excluding hydrogens is 434 g/mol. The normalized spacial score (nSPS) is 19.2. The second kappa shape index (κ2) is 7.32. The van der Waals surface area contributed by atoms with Gasteiger partial charge in [0.25, 0.3) is 5.91 Å². The summed E-state index contributed by atoms with van der Waals surface area (Å²) in [7, 11) is 0. The zero-order valence-electron chi connectivity index (χ0n) is 14.7. The van der Waals surface area contributed by atoms with Crippen LogP contribution in [0.3, 0.4) is 0 Å². The standard InChI is InChI=1S/C19H17BrClN3O3/c1-11-9-12(7-8-14(11)20)22-16(25)10-24-17(26)19(2,23-18(24)27)13-5-3-4-6-15(13)21/h3-9H,10H2,1-2H3,(H,22,25)(H,23,27)/t19-/m0/s1. The number of carbonyl (C=O) groups excluding carboxylic acids is 3. The van der Waals surface area contributed by atoms with E-state index < -0.39 is 23.4 Å². The molecule has 0 unspecified atom stereocenters. The molecule has 1 atom stereocenters. The summed E-state index contributed by atoms with van der Waals surface area (Å²) in [5.41, 5.74) is 0.705. The number of imide groups is 1. The minimum absolute atomic E-state index is 0.366. The molecule has 0 radical (unpaired) electrons. The van der Waals surface area contributed by atoms with E-state index >= 15 is 0 Å². The van der Waals surface area contributed by atoms with Crippen molar-refractivity contribution in [2.75, 3.05) is 11.9 Å². The highest BCUT2D eigenvalue weighted by Crippen LogP contribution is 2.33. The van der Waals surface area contributed by atoms with Gasteiger partial charge in [0.1, 0.15) is 12.1 Å². The topological polar surface area (TPSA) is 78.5 Å². The summed E-state index contributed by atoms with van der Waals surface area (Å²) in [6, 6.07) is 11.5. The van der Waals surface area contributed by atoms with Gasteiger partial charge in [0.05, 0.1) is 0 Å². The quantitative estimate of drug-likeness (QED) is 0.695. The summed E-state index contributed by atoms with van der Waals surface area (Å²) in [6.45, 7) is 3.08. The Kier molecular flexibility index (Phi) is 5.26. The van der Waals surface area contributed by atoms with E-state index in [9.17, 15) is 14.4 Å². The van der Waals surface area contributed by atoms with Crippen LogP contribution in [-0.4, -0.2) is 29.3 Å². The number of nitrogens with one attached hydrogen (secondary N) is 2. The van der Waals surface area contributed by atoms with Gasteiger partial charge in [0.15, 0.2) is 0 Å². The molecule has 0 bridgehead atoms. The average molecular weight is 451 g/mol. The molecule has 140 valence electrons. The van der Waals surface area contributed by atoms with Crippen LogP contribution in [0, 0.1) is 6.92 Å². The fraction of sp³-hybridized carbons (Fsp3) is 0.211. The van der Waals surface area contributed by atoms with Crippen molar-refractivity contribution < 1.29 is 14.4 Å². The number of urea groups is 1. The molecule has 6 nitrogen and oxygen atoms in total. The molecule has 1 aliphatic rings. The van der Waals surface area contributed by atoms with E-state index in [0.717, 1.165) is 14.9 Å². The molecular formula is C19H17BrClN3O3. The summed E-state index contributed by atoms with van der Waals surface area (Å²) in [5.74, 6) is -0.994. The van der Waals surface area contributed by atoms with Gasteiger partial charge in [-0.15, -0.1) is 0 Å². The highest BCUT2D eigenvalue weighted by atomic mass is 79.9. The van der Waals surface area contributed by atoms with Crippen molar-refractivity contribution in [3.05, 3.63) is 63.1 Å². The van der Waals surface area contributed by atoms with Crippen molar-refractivity contribution in [1.82, 2.24) is 10.2 Å². The van der Waals surface area contributed by atoms with Gasteiger partial charge in [-0.25, -0.2) is 4.79 Å². The van der Waals surface area contributed by atoms with E-state index in [0.29, 0.717) is 16.3 Å². The summed E-state index contributed by atoms with van der Waals surface area (Å²) in [5, 5.41) is 5.70. The molecule has 2 N–H and O–H groups in total. The maximum absolute atomic E-state index is 12.9. The first-order chi connectivity index (χ1) is 12.7. The first kappa shape index (κ1) is 19.4. The van der Waals surface area contributed by atoms with Crippen molar-refractivity contribution in [3.63, 3.8) is 0 Å². The minimum atomic E-state index is -1.32. The van der Waals surface area contributed by atoms with E-state index in [-0.39, 0.29) is 6.54 Å². The number of hydrogen-bond donors (Lipinski definition) is 2. The van der Waals surface area contributed by atoms with Crippen LogP contribution in [-0.2, 0) is 15.1 Å². The molecule has 2 aromatic rings. The van der Waals surface area contributed by atoms with E-state index in [1.54, 1.807) is 43.3 Å².